The van der Waals surface area contributed by atoms with E-state index >= 15 is 0 Å². The molecule has 0 heterocycles. The maximum absolute atomic E-state index is 12.5. The molecule has 0 saturated heterocycles. The summed E-state index contributed by atoms with van der Waals surface area (Å²) in [5.41, 5.74) is 0. The van der Waals surface area contributed by atoms with Crippen LogP contribution in [0.2, 0.25) is 0 Å². The molecular formula is C17H29NO. The predicted octanol–water partition coefficient (Wildman–Crippen LogP) is 3.61. The highest BCUT2D eigenvalue weighted by Crippen LogP contribution is 2.62. The Morgan fingerprint density at radius 3 is 2.37 bits per heavy atom. The van der Waals surface area contributed by atoms with E-state index in [1.165, 1.54) is 38.5 Å². The van der Waals surface area contributed by atoms with E-state index in [9.17, 15) is 4.79 Å². The first-order valence-electron chi connectivity index (χ1n) is 8.40. The molecule has 5 atom stereocenters. The summed E-state index contributed by atoms with van der Waals surface area (Å²) in [7, 11) is 0. The largest absolute Gasteiger partial charge is 0.353 e. The Labute approximate surface area is 117 Å². The molecule has 0 aromatic rings. The van der Waals surface area contributed by atoms with E-state index in [4.69, 9.17) is 0 Å². The van der Waals surface area contributed by atoms with Gasteiger partial charge in [-0.15, -0.1) is 0 Å². The van der Waals surface area contributed by atoms with E-state index in [0.717, 1.165) is 17.8 Å². The van der Waals surface area contributed by atoms with Crippen LogP contribution >= 0.6 is 0 Å². The highest BCUT2D eigenvalue weighted by Gasteiger charge is 2.61. The number of hydrogen-bond acceptors (Lipinski definition) is 1. The summed E-state index contributed by atoms with van der Waals surface area (Å²) in [6.07, 6.45) is 7.68. The zero-order valence-electron chi connectivity index (χ0n) is 12.7. The van der Waals surface area contributed by atoms with Crippen molar-refractivity contribution < 1.29 is 4.79 Å². The van der Waals surface area contributed by atoms with Crippen molar-refractivity contribution in [1.82, 2.24) is 5.32 Å². The minimum atomic E-state index is 0.352. The van der Waals surface area contributed by atoms with Crippen LogP contribution in [-0.2, 0) is 4.79 Å². The summed E-state index contributed by atoms with van der Waals surface area (Å²) >= 11 is 0. The summed E-state index contributed by atoms with van der Waals surface area (Å²) in [4.78, 5) is 12.5. The van der Waals surface area contributed by atoms with Crippen LogP contribution < -0.4 is 5.32 Å². The van der Waals surface area contributed by atoms with E-state index in [0.29, 0.717) is 29.7 Å². The summed E-state index contributed by atoms with van der Waals surface area (Å²) in [6, 6.07) is 0.489. The molecule has 0 aromatic heterocycles. The molecule has 3 aliphatic rings. The van der Waals surface area contributed by atoms with E-state index in [1.807, 2.05) is 0 Å². The molecule has 0 radical (unpaired) electrons. The fraction of sp³-hybridized carbons (Fsp3) is 0.941. The van der Waals surface area contributed by atoms with E-state index in [-0.39, 0.29) is 0 Å². The van der Waals surface area contributed by atoms with Gasteiger partial charge in [-0.25, -0.2) is 0 Å². The Bertz CT molecular complexity index is 345. The third-order valence-corrected chi connectivity index (χ3v) is 6.10. The summed E-state index contributed by atoms with van der Waals surface area (Å²) in [5, 5.41) is 3.34. The first kappa shape index (κ1) is 13.5. The van der Waals surface area contributed by atoms with Gasteiger partial charge >= 0.3 is 0 Å². The maximum atomic E-state index is 12.5. The third kappa shape index (κ3) is 2.43. The molecule has 19 heavy (non-hydrogen) atoms. The molecule has 0 aromatic carbocycles. The average molecular weight is 263 g/mol. The minimum Gasteiger partial charge on any atom is -0.353 e. The number of hydrogen-bond donors (Lipinski definition) is 1. The molecule has 3 saturated carbocycles. The van der Waals surface area contributed by atoms with Crippen molar-refractivity contribution in [2.75, 3.05) is 0 Å². The van der Waals surface area contributed by atoms with Gasteiger partial charge in [0.25, 0.3) is 0 Å². The number of carbonyl (C=O) groups excluding carboxylic acids is 1. The van der Waals surface area contributed by atoms with Gasteiger partial charge in [0, 0.05) is 12.0 Å². The van der Waals surface area contributed by atoms with Crippen LogP contribution in [0.15, 0.2) is 0 Å². The predicted molar refractivity (Wildman–Crippen MR) is 77.6 cm³/mol. The number of fused-ring (bicyclic) bond motifs is 1. The molecular weight excluding hydrogens is 234 g/mol. The van der Waals surface area contributed by atoms with Gasteiger partial charge in [0.05, 0.1) is 0 Å². The van der Waals surface area contributed by atoms with Gasteiger partial charge in [0.1, 0.15) is 0 Å². The first-order valence-corrected chi connectivity index (χ1v) is 8.40. The summed E-state index contributed by atoms with van der Waals surface area (Å²) < 4.78 is 0. The molecule has 0 aliphatic heterocycles. The van der Waals surface area contributed by atoms with Gasteiger partial charge < -0.3 is 5.32 Å². The highest BCUT2D eigenvalue weighted by molar-refractivity contribution is 5.82. The molecule has 1 N–H and O–H groups in total. The van der Waals surface area contributed by atoms with Gasteiger partial charge in [-0.3, -0.25) is 4.79 Å². The van der Waals surface area contributed by atoms with Crippen molar-refractivity contribution >= 4 is 5.91 Å². The second kappa shape index (κ2) is 5.10. The molecule has 2 heteroatoms. The van der Waals surface area contributed by atoms with E-state index in [1.54, 1.807) is 0 Å². The molecule has 0 bridgehead atoms. The van der Waals surface area contributed by atoms with Gasteiger partial charge in [-0.1, -0.05) is 40.0 Å². The Balaban J connectivity index is 1.63. The minimum absolute atomic E-state index is 0.352. The smallest absolute Gasteiger partial charge is 0.223 e. The monoisotopic (exact) mass is 263 g/mol. The lowest BCUT2D eigenvalue weighted by atomic mass is 9.77. The summed E-state index contributed by atoms with van der Waals surface area (Å²) in [5.74, 6) is 4.43. The topological polar surface area (TPSA) is 29.1 Å². The zero-order valence-corrected chi connectivity index (χ0v) is 12.7. The normalized spacial score (nSPS) is 42.2. The van der Waals surface area contributed by atoms with Crippen molar-refractivity contribution in [3.05, 3.63) is 0 Å². The lowest BCUT2D eigenvalue weighted by Crippen LogP contribution is -2.34. The molecule has 3 rings (SSSR count). The maximum Gasteiger partial charge on any atom is 0.223 e. The van der Waals surface area contributed by atoms with Crippen molar-refractivity contribution in [3.8, 4) is 0 Å². The molecule has 2 nitrogen and oxygen atoms in total. The van der Waals surface area contributed by atoms with Crippen LogP contribution in [0.5, 0.6) is 0 Å². The highest BCUT2D eigenvalue weighted by atomic mass is 16.2. The molecule has 0 spiro atoms. The van der Waals surface area contributed by atoms with Crippen LogP contribution in [0.1, 0.15) is 59.3 Å². The van der Waals surface area contributed by atoms with Gasteiger partial charge in [0.15, 0.2) is 0 Å². The van der Waals surface area contributed by atoms with Crippen molar-refractivity contribution in [2.45, 2.75) is 65.3 Å². The average Bonchev–Trinajstić information content (AvgIpc) is 2.91. The quantitative estimate of drug-likeness (QED) is 0.828. The van der Waals surface area contributed by atoms with Gasteiger partial charge in [-0.05, 0) is 48.9 Å². The number of amides is 1. The third-order valence-electron chi connectivity index (χ3n) is 6.10. The number of nitrogens with one attached hydrogen (secondary N) is 1. The standard InChI is InChI=1S/C17H29NO/c1-10(2)13-9-8-11(3)14-15(13)16(14)17(19)18-12-6-4-5-7-12/h10-16H,4-9H2,1-3H3,(H,18,19)/t11-,13?,14-,15+,16+/m0/s1. The fourth-order valence-electron chi connectivity index (χ4n) is 4.98. The van der Waals surface area contributed by atoms with Crippen LogP contribution in [0, 0.1) is 35.5 Å². The van der Waals surface area contributed by atoms with Crippen molar-refractivity contribution in [2.24, 2.45) is 35.5 Å². The Morgan fingerprint density at radius 2 is 1.74 bits per heavy atom. The SMILES string of the molecule is CC(C)C1CC[C@H](C)[C@@H]2[C@@H](C(=O)NC3CCCC3)[C@H]12. The Kier molecular flexibility index (Phi) is 3.61. The molecule has 1 amide bonds. The number of rotatable bonds is 3. The molecule has 108 valence electrons. The second-order valence-electron chi connectivity index (χ2n) is 7.63. The first-order chi connectivity index (χ1) is 9.09. The van der Waals surface area contributed by atoms with E-state index in [2.05, 4.69) is 26.1 Å². The van der Waals surface area contributed by atoms with Crippen LogP contribution in [0.3, 0.4) is 0 Å². The zero-order chi connectivity index (χ0) is 13.6. The van der Waals surface area contributed by atoms with E-state index < -0.39 is 0 Å². The van der Waals surface area contributed by atoms with Crippen molar-refractivity contribution in [1.29, 1.82) is 0 Å². The van der Waals surface area contributed by atoms with Crippen LogP contribution in [0.25, 0.3) is 0 Å². The van der Waals surface area contributed by atoms with Crippen LogP contribution in [-0.4, -0.2) is 11.9 Å². The molecule has 1 unspecified atom stereocenters. The molecule has 3 aliphatic carbocycles. The Morgan fingerprint density at radius 1 is 1.05 bits per heavy atom. The van der Waals surface area contributed by atoms with Crippen molar-refractivity contribution in [3.63, 3.8) is 0 Å². The number of carbonyl (C=O) groups is 1. The lowest BCUT2D eigenvalue weighted by molar-refractivity contribution is -0.123. The lowest BCUT2D eigenvalue weighted by Gasteiger charge is -2.28. The molecule has 3 fully saturated rings. The summed E-state index contributed by atoms with van der Waals surface area (Å²) in [6.45, 7) is 7.03. The Hall–Kier alpha value is -0.530. The fourth-order valence-corrected chi connectivity index (χ4v) is 4.98. The van der Waals surface area contributed by atoms with Crippen LogP contribution in [0.4, 0.5) is 0 Å². The van der Waals surface area contributed by atoms with Gasteiger partial charge in [0.2, 0.25) is 5.91 Å². The second-order valence-corrected chi connectivity index (χ2v) is 7.63. The van der Waals surface area contributed by atoms with Gasteiger partial charge in [-0.2, -0.15) is 0 Å².